The summed E-state index contributed by atoms with van der Waals surface area (Å²) in [5, 5.41) is 0. The Hall–Kier alpha value is -2.83. The number of piperazine rings is 1. The van der Waals surface area contributed by atoms with Gasteiger partial charge in [-0.15, -0.1) is 0 Å². The van der Waals surface area contributed by atoms with Crippen molar-refractivity contribution in [1.29, 1.82) is 0 Å². The minimum Gasteiger partial charge on any atom is -0.495 e. The normalized spacial score (nSPS) is 24.5. The molecular weight excluding hydrogens is 358 g/mol. The van der Waals surface area contributed by atoms with Crippen LogP contribution in [0.4, 0.5) is 5.69 Å². The highest BCUT2D eigenvalue weighted by molar-refractivity contribution is 6.07. The van der Waals surface area contributed by atoms with E-state index in [2.05, 4.69) is 4.90 Å². The average molecular weight is 383 g/mol. The Labute approximate surface area is 164 Å². The molecule has 0 spiro atoms. The molecule has 2 atom stereocenters. The molecule has 3 amide bonds. The Morgan fingerprint density at radius 1 is 1.00 bits per heavy atom. The molecule has 148 valence electrons. The third-order valence-corrected chi connectivity index (χ3v) is 5.95. The summed E-state index contributed by atoms with van der Waals surface area (Å²) in [5.41, 5.74) is 1.01. The molecule has 2 fully saturated rings. The summed E-state index contributed by atoms with van der Waals surface area (Å²) in [6.07, 6.45) is 5.10. The van der Waals surface area contributed by atoms with Gasteiger partial charge >= 0.3 is 0 Å². The minimum absolute atomic E-state index is 0.140. The van der Waals surface area contributed by atoms with E-state index in [9.17, 15) is 14.4 Å². The summed E-state index contributed by atoms with van der Waals surface area (Å²) < 4.78 is 5.42. The number of para-hydroxylation sites is 2. The second-order valence-corrected chi connectivity index (χ2v) is 7.46. The van der Waals surface area contributed by atoms with Crippen LogP contribution in [0, 0.1) is 11.8 Å². The molecule has 1 aromatic carbocycles. The van der Waals surface area contributed by atoms with E-state index in [0.717, 1.165) is 11.4 Å². The first kappa shape index (κ1) is 18.5. The maximum atomic E-state index is 12.7. The van der Waals surface area contributed by atoms with E-state index >= 15 is 0 Å². The number of hydrogen-bond acceptors (Lipinski definition) is 5. The predicted octanol–water partition coefficient (Wildman–Crippen LogP) is 1.29. The highest BCUT2D eigenvalue weighted by atomic mass is 16.5. The molecule has 4 rings (SSSR count). The topological polar surface area (TPSA) is 70.2 Å². The highest BCUT2D eigenvalue weighted by Gasteiger charge is 2.48. The Bertz CT molecular complexity index is 788. The number of ether oxygens (including phenoxy) is 1. The van der Waals surface area contributed by atoms with Crippen LogP contribution in [0.2, 0.25) is 0 Å². The first-order valence-electron chi connectivity index (χ1n) is 9.76. The standard InChI is InChI=1S/C21H25N3O4/c1-28-18-9-5-4-8-17(18)22-10-12-23(13-11-22)19(25)14-24-20(26)15-6-2-3-7-16(15)21(24)27/h2-5,8-9,15-16H,6-7,10-14H2,1H3/t15-,16-/m1/s1. The molecule has 0 N–H and O–H groups in total. The summed E-state index contributed by atoms with van der Waals surface area (Å²) >= 11 is 0. The van der Waals surface area contributed by atoms with Crippen molar-refractivity contribution in [2.75, 3.05) is 44.7 Å². The lowest BCUT2D eigenvalue weighted by Crippen LogP contribution is -2.52. The number of carbonyl (C=O) groups is 3. The number of imide groups is 1. The number of methoxy groups -OCH3 is 1. The number of fused-ring (bicyclic) bond motifs is 1. The average Bonchev–Trinajstić information content (AvgIpc) is 2.99. The van der Waals surface area contributed by atoms with Crippen LogP contribution in [0.5, 0.6) is 5.75 Å². The fourth-order valence-electron chi connectivity index (χ4n) is 4.35. The van der Waals surface area contributed by atoms with Gasteiger partial charge in [-0.05, 0) is 25.0 Å². The van der Waals surface area contributed by atoms with Crippen LogP contribution in [0.3, 0.4) is 0 Å². The number of amides is 3. The first-order valence-corrected chi connectivity index (χ1v) is 9.76. The van der Waals surface area contributed by atoms with Crippen LogP contribution in [0.25, 0.3) is 0 Å². The Morgan fingerprint density at radius 3 is 2.21 bits per heavy atom. The molecule has 3 aliphatic rings. The summed E-state index contributed by atoms with van der Waals surface area (Å²) in [6.45, 7) is 2.34. The van der Waals surface area contributed by atoms with Gasteiger partial charge in [-0.25, -0.2) is 0 Å². The molecule has 28 heavy (non-hydrogen) atoms. The van der Waals surface area contributed by atoms with E-state index in [0.29, 0.717) is 39.0 Å². The smallest absolute Gasteiger partial charge is 0.242 e. The third-order valence-electron chi connectivity index (χ3n) is 5.95. The molecule has 2 saturated heterocycles. The van der Waals surface area contributed by atoms with Crippen molar-refractivity contribution in [2.24, 2.45) is 11.8 Å². The number of allylic oxidation sites excluding steroid dienone is 2. The van der Waals surface area contributed by atoms with Gasteiger partial charge in [0.2, 0.25) is 17.7 Å². The molecular formula is C21H25N3O4. The molecule has 0 aromatic heterocycles. The number of hydrogen-bond donors (Lipinski definition) is 0. The zero-order chi connectivity index (χ0) is 19.7. The van der Waals surface area contributed by atoms with Gasteiger partial charge in [-0.3, -0.25) is 19.3 Å². The molecule has 1 aromatic rings. The van der Waals surface area contributed by atoms with Crippen LogP contribution in [0.1, 0.15) is 12.8 Å². The van der Waals surface area contributed by atoms with Crippen molar-refractivity contribution in [3.8, 4) is 5.75 Å². The SMILES string of the molecule is COc1ccccc1N1CCN(C(=O)CN2C(=O)[C@@H]3CC=CC[C@H]3C2=O)CC1. The van der Waals surface area contributed by atoms with E-state index < -0.39 is 0 Å². The van der Waals surface area contributed by atoms with E-state index in [4.69, 9.17) is 4.74 Å². The molecule has 2 heterocycles. The molecule has 2 aliphatic heterocycles. The van der Waals surface area contributed by atoms with Crippen molar-refractivity contribution in [2.45, 2.75) is 12.8 Å². The second-order valence-electron chi connectivity index (χ2n) is 7.46. The van der Waals surface area contributed by atoms with Gasteiger partial charge in [0.05, 0.1) is 24.6 Å². The van der Waals surface area contributed by atoms with Crippen molar-refractivity contribution in [3.05, 3.63) is 36.4 Å². The van der Waals surface area contributed by atoms with E-state index in [1.165, 1.54) is 4.90 Å². The third kappa shape index (κ3) is 3.25. The first-order chi connectivity index (χ1) is 13.6. The number of rotatable bonds is 4. The largest absolute Gasteiger partial charge is 0.495 e. The maximum Gasteiger partial charge on any atom is 0.242 e. The fourth-order valence-corrected chi connectivity index (χ4v) is 4.35. The van der Waals surface area contributed by atoms with E-state index in [1.807, 2.05) is 36.4 Å². The number of nitrogens with zero attached hydrogens (tertiary/aromatic N) is 3. The van der Waals surface area contributed by atoms with Crippen LogP contribution < -0.4 is 9.64 Å². The van der Waals surface area contributed by atoms with Crippen LogP contribution in [-0.4, -0.2) is 67.4 Å². The molecule has 0 bridgehead atoms. The van der Waals surface area contributed by atoms with Crippen molar-refractivity contribution >= 4 is 23.4 Å². The van der Waals surface area contributed by atoms with Crippen molar-refractivity contribution in [1.82, 2.24) is 9.80 Å². The number of anilines is 1. The van der Waals surface area contributed by atoms with Crippen LogP contribution in [-0.2, 0) is 14.4 Å². The van der Waals surface area contributed by atoms with Gasteiger partial charge in [-0.1, -0.05) is 24.3 Å². The molecule has 7 heteroatoms. The maximum absolute atomic E-state index is 12.7. The predicted molar refractivity (Wildman–Crippen MR) is 104 cm³/mol. The van der Waals surface area contributed by atoms with Gasteiger partial charge < -0.3 is 14.5 Å². The van der Waals surface area contributed by atoms with Crippen molar-refractivity contribution in [3.63, 3.8) is 0 Å². The minimum atomic E-state index is -0.285. The van der Waals surface area contributed by atoms with Gasteiger partial charge in [0, 0.05) is 26.2 Å². The van der Waals surface area contributed by atoms with Gasteiger partial charge in [-0.2, -0.15) is 0 Å². The zero-order valence-corrected chi connectivity index (χ0v) is 16.0. The lowest BCUT2D eigenvalue weighted by atomic mass is 9.85. The molecule has 0 unspecified atom stereocenters. The summed E-state index contributed by atoms with van der Waals surface area (Å²) in [5.74, 6) is -0.305. The quantitative estimate of drug-likeness (QED) is 0.579. The summed E-state index contributed by atoms with van der Waals surface area (Å²) in [7, 11) is 1.65. The Balaban J connectivity index is 1.36. The highest BCUT2D eigenvalue weighted by Crippen LogP contribution is 2.35. The molecule has 7 nitrogen and oxygen atoms in total. The molecule has 0 saturated carbocycles. The second kappa shape index (κ2) is 7.66. The fraction of sp³-hybridized carbons (Fsp3) is 0.476. The monoisotopic (exact) mass is 383 g/mol. The number of likely N-dealkylation sites (tertiary alicyclic amines) is 1. The lowest BCUT2D eigenvalue weighted by molar-refractivity contribution is -0.146. The number of carbonyl (C=O) groups excluding carboxylic acids is 3. The zero-order valence-electron chi connectivity index (χ0n) is 16.0. The summed E-state index contributed by atoms with van der Waals surface area (Å²) in [6, 6.07) is 7.83. The Morgan fingerprint density at radius 2 is 1.61 bits per heavy atom. The number of benzene rings is 1. The van der Waals surface area contributed by atoms with E-state index in [1.54, 1.807) is 12.0 Å². The van der Waals surface area contributed by atoms with Crippen LogP contribution >= 0.6 is 0 Å². The Kier molecular flexibility index (Phi) is 5.07. The lowest BCUT2D eigenvalue weighted by Gasteiger charge is -2.37. The van der Waals surface area contributed by atoms with Gasteiger partial charge in [0.15, 0.2) is 0 Å². The van der Waals surface area contributed by atoms with Crippen LogP contribution in [0.15, 0.2) is 36.4 Å². The molecule has 0 radical (unpaired) electrons. The van der Waals surface area contributed by atoms with Crippen molar-refractivity contribution < 1.29 is 19.1 Å². The van der Waals surface area contributed by atoms with Gasteiger partial charge in [0.25, 0.3) is 0 Å². The van der Waals surface area contributed by atoms with Gasteiger partial charge in [0.1, 0.15) is 12.3 Å². The molecule has 1 aliphatic carbocycles. The van der Waals surface area contributed by atoms with E-state index in [-0.39, 0.29) is 36.1 Å². The summed E-state index contributed by atoms with van der Waals surface area (Å²) in [4.78, 5) is 43.0.